The third-order valence-corrected chi connectivity index (χ3v) is 16.2. The molecule has 0 aliphatic heterocycles. The Labute approximate surface area is 579 Å². The first-order valence-corrected chi connectivity index (χ1v) is 39.1. The Hall–Kier alpha value is -5.06. The average Bonchev–Trinajstić information content (AvgIpc) is 1.14. The normalized spacial score (nSPS) is 14.9. The number of aliphatic hydroxyl groups is 1. The number of rotatable bonds is 66. The van der Waals surface area contributed by atoms with E-state index in [9.17, 15) is 43.2 Å². The number of phosphoric acid groups is 2. The Morgan fingerprint density at radius 2 is 0.583 bits per heavy atom. The van der Waals surface area contributed by atoms with Crippen LogP contribution in [0.4, 0.5) is 0 Å². The van der Waals surface area contributed by atoms with Crippen molar-refractivity contribution >= 4 is 39.5 Å². The lowest BCUT2D eigenvalue weighted by Crippen LogP contribution is -2.30. The zero-order chi connectivity index (χ0) is 70.4. The first-order chi connectivity index (χ1) is 46.7. The predicted molar refractivity (Wildman–Crippen MR) is 390 cm³/mol. The van der Waals surface area contributed by atoms with Crippen LogP contribution in [0.5, 0.6) is 0 Å². The number of carbonyl (C=O) groups is 4. The van der Waals surface area contributed by atoms with E-state index in [1.165, 1.54) is 0 Å². The maximum Gasteiger partial charge on any atom is 0.472 e. The van der Waals surface area contributed by atoms with Crippen LogP contribution in [-0.2, 0) is 65.4 Å². The molecule has 546 valence electrons. The number of hydrogen-bond acceptors (Lipinski definition) is 15. The van der Waals surface area contributed by atoms with Gasteiger partial charge in [0.2, 0.25) is 0 Å². The summed E-state index contributed by atoms with van der Waals surface area (Å²) in [6.45, 7) is 4.31. The van der Waals surface area contributed by atoms with E-state index in [4.69, 9.17) is 37.0 Å². The van der Waals surface area contributed by atoms with Crippen LogP contribution in [0, 0.1) is 0 Å². The van der Waals surface area contributed by atoms with Crippen LogP contribution in [-0.4, -0.2) is 96.7 Å². The number of unbranched alkanes of at least 4 members (excludes halogenated alkanes) is 17. The number of ether oxygens (including phenoxy) is 4. The van der Waals surface area contributed by atoms with Gasteiger partial charge in [-0.2, -0.15) is 0 Å². The van der Waals surface area contributed by atoms with Gasteiger partial charge >= 0.3 is 39.5 Å². The third-order valence-electron chi connectivity index (χ3n) is 14.3. The highest BCUT2D eigenvalue weighted by Crippen LogP contribution is 2.45. The van der Waals surface area contributed by atoms with Crippen molar-refractivity contribution in [2.24, 2.45) is 0 Å². The van der Waals surface area contributed by atoms with Crippen LogP contribution >= 0.6 is 15.6 Å². The van der Waals surface area contributed by atoms with Crippen LogP contribution in [0.1, 0.15) is 259 Å². The van der Waals surface area contributed by atoms with E-state index < -0.39 is 97.5 Å². The Balaban J connectivity index is 5.45. The zero-order valence-electron chi connectivity index (χ0n) is 59.2. The summed E-state index contributed by atoms with van der Waals surface area (Å²) < 4.78 is 68.1. The molecule has 0 aromatic rings. The number of allylic oxidation sites excluding steroid dienone is 23. The van der Waals surface area contributed by atoms with E-state index >= 15 is 0 Å². The van der Waals surface area contributed by atoms with Crippen LogP contribution < -0.4 is 0 Å². The summed E-state index contributed by atoms with van der Waals surface area (Å²) >= 11 is 0. The quantitative estimate of drug-likeness (QED) is 0.0169. The van der Waals surface area contributed by atoms with Crippen molar-refractivity contribution in [2.75, 3.05) is 39.6 Å². The number of carbonyl (C=O) groups excluding carboxylic acids is 4. The topological polar surface area (TPSA) is 237 Å². The van der Waals surface area contributed by atoms with Crippen LogP contribution in [0.3, 0.4) is 0 Å². The number of hydrogen-bond donors (Lipinski definition) is 3. The minimum absolute atomic E-state index is 0.0544. The van der Waals surface area contributed by atoms with Gasteiger partial charge in [-0.05, 0) is 135 Å². The van der Waals surface area contributed by atoms with Crippen molar-refractivity contribution in [3.05, 3.63) is 146 Å². The van der Waals surface area contributed by atoms with Gasteiger partial charge in [0.1, 0.15) is 19.3 Å². The van der Waals surface area contributed by atoms with Crippen LogP contribution in [0.25, 0.3) is 0 Å². The molecule has 0 heterocycles. The molecule has 5 unspecified atom stereocenters. The van der Waals surface area contributed by atoms with Crippen molar-refractivity contribution in [3.63, 3.8) is 0 Å². The highest BCUT2D eigenvalue weighted by Gasteiger charge is 2.30. The number of phosphoric ester groups is 2. The molecule has 0 radical (unpaired) electrons. The predicted octanol–water partition coefficient (Wildman–Crippen LogP) is 20.3. The van der Waals surface area contributed by atoms with E-state index in [0.717, 1.165) is 180 Å². The Kier molecular flexibility index (Phi) is 64.9. The molecule has 0 aliphatic rings. The Morgan fingerprint density at radius 3 is 0.927 bits per heavy atom. The summed E-state index contributed by atoms with van der Waals surface area (Å²) in [5, 5.41) is 10.6. The number of aliphatic hydroxyl groups excluding tert-OH is 1. The van der Waals surface area contributed by atoms with Crippen LogP contribution in [0.2, 0.25) is 0 Å². The second-order valence-electron chi connectivity index (χ2n) is 23.4. The fourth-order valence-corrected chi connectivity index (χ4v) is 10.4. The molecule has 5 atom stereocenters. The fraction of sp³-hybridized carbons (Fsp3) is 0.636. The summed E-state index contributed by atoms with van der Waals surface area (Å²) in [6.07, 6.45) is 76.0. The molecule has 0 aromatic heterocycles. The Bertz CT molecular complexity index is 2400. The first kappa shape index (κ1) is 90.9. The minimum atomic E-state index is -5.00. The highest BCUT2D eigenvalue weighted by molar-refractivity contribution is 7.47. The lowest BCUT2D eigenvalue weighted by atomic mass is 10.1. The second-order valence-corrected chi connectivity index (χ2v) is 26.3. The third kappa shape index (κ3) is 67.5. The van der Waals surface area contributed by atoms with E-state index in [1.807, 2.05) is 18.2 Å². The molecule has 3 N–H and O–H groups in total. The molecule has 0 rings (SSSR count). The van der Waals surface area contributed by atoms with Crippen molar-refractivity contribution < 1.29 is 80.2 Å². The first-order valence-electron chi connectivity index (χ1n) is 36.1. The molecule has 96 heavy (non-hydrogen) atoms. The minimum Gasteiger partial charge on any atom is -0.462 e. The smallest absolute Gasteiger partial charge is 0.462 e. The van der Waals surface area contributed by atoms with Gasteiger partial charge in [0.25, 0.3) is 0 Å². The van der Waals surface area contributed by atoms with E-state index in [2.05, 4.69) is 149 Å². The van der Waals surface area contributed by atoms with E-state index in [-0.39, 0.29) is 25.7 Å². The van der Waals surface area contributed by atoms with Gasteiger partial charge in [-0.1, -0.05) is 244 Å². The number of esters is 4. The SMILES string of the molecule is CC/C=C\C/C=C\C/C=C\C/C=C\C/C=C\CC(=O)OCC(COP(=O)(O)OCC(O)COP(=O)(O)OCC(COC(=O)CCCCCCC/C=C\C/C=C\C/C=C\CC)OC(=O)CCCCCCC/C=C\C/C=C\CCC)OC(=O)CCCCCCC/C=C\C/C=C\CCC. The van der Waals surface area contributed by atoms with Crippen molar-refractivity contribution in [1.82, 2.24) is 0 Å². The molecular weight excluding hydrogens is 1260 g/mol. The summed E-state index contributed by atoms with van der Waals surface area (Å²) in [5.74, 6) is -2.39. The molecule has 0 amide bonds. The summed E-state index contributed by atoms with van der Waals surface area (Å²) in [6, 6.07) is 0. The highest BCUT2D eigenvalue weighted by atomic mass is 31.2. The molecule has 0 aliphatic carbocycles. The zero-order valence-corrected chi connectivity index (χ0v) is 61.0. The van der Waals surface area contributed by atoms with Gasteiger partial charge in [0.05, 0.1) is 32.8 Å². The van der Waals surface area contributed by atoms with Gasteiger partial charge in [0, 0.05) is 19.3 Å². The molecule has 0 aromatic carbocycles. The largest absolute Gasteiger partial charge is 0.472 e. The Morgan fingerprint density at radius 1 is 0.312 bits per heavy atom. The molecule has 19 heteroatoms. The van der Waals surface area contributed by atoms with Crippen molar-refractivity contribution in [1.29, 1.82) is 0 Å². The van der Waals surface area contributed by atoms with Gasteiger partial charge < -0.3 is 33.8 Å². The molecule has 0 saturated heterocycles. The molecule has 0 bridgehead atoms. The van der Waals surface area contributed by atoms with Crippen molar-refractivity contribution in [3.8, 4) is 0 Å². The average molecular weight is 1390 g/mol. The monoisotopic (exact) mass is 1380 g/mol. The van der Waals surface area contributed by atoms with Crippen LogP contribution in [0.15, 0.2) is 146 Å². The molecule has 0 spiro atoms. The maximum absolute atomic E-state index is 13.0. The van der Waals surface area contributed by atoms with Crippen molar-refractivity contribution in [2.45, 2.75) is 277 Å². The van der Waals surface area contributed by atoms with Gasteiger partial charge in [-0.15, -0.1) is 0 Å². The second kappa shape index (κ2) is 68.5. The lowest BCUT2D eigenvalue weighted by molar-refractivity contribution is -0.161. The van der Waals surface area contributed by atoms with Gasteiger partial charge in [-0.25, -0.2) is 9.13 Å². The standard InChI is InChI=1S/C77H126O17P2/c1-5-9-13-17-21-25-29-33-35-39-41-45-49-53-57-61-74(79)87-67-72(93-76(81)63-59-55-51-47-43-37-31-27-23-19-15-11-7-3)69-91-95(83,84)89-65-71(78)66-90-96(85,86)92-70-73(94-77(82)64-60-56-52-48-44-38-32-28-24-20-16-12-8-4)68-88-75(80)62-58-54-50-46-42-40-36-34-30-26-22-18-14-10-6-2/h9-10,13-16,19-22,25-28,31-36,41,45,53,57,71-73,78H,5-8,11-12,17-18,23-24,29-30,37-40,42-44,46-52,54-56,58-70H2,1-4H3,(H,83,84)(H,85,86)/b13-9-,14-10-,19-15-,20-16-,25-21-,26-22-,31-27-,32-28-,35-33-,36-34-,45-41-,57-53-. The van der Waals surface area contributed by atoms with E-state index in [1.54, 1.807) is 6.08 Å². The van der Waals surface area contributed by atoms with Gasteiger partial charge in [0.15, 0.2) is 12.2 Å². The lowest BCUT2D eigenvalue weighted by Gasteiger charge is -2.21. The molecular formula is C77H126O17P2. The maximum atomic E-state index is 13.0. The molecule has 0 saturated carbocycles. The molecule has 17 nitrogen and oxygen atoms in total. The summed E-state index contributed by atoms with van der Waals surface area (Å²) in [5.41, 5.74) is 0. The summed E-state index contributed by atoms with van der Waals surface area (Å²) in [7, 11) is -9.99. The fourth-order valence-electron chi connectivity index (χ4n) is 8.85. The summed E-state index contributed by atoms with van der Waals surface area (Å²) in [4.78, 5) is 72.6. The molecule has 0 fully saturated rings. The van der Waals surface area contributed by atoms with E-state index in [0.29, 0.717) is 25.7 Å². The van der Waals surface area contributed by atoms with Gasteiger partial charge in [-0.3, -0.25) is 37.3 Å².